The summed E-state index contributed by atoms with van der Waals surface area (Å²) in [6.45, 7) is 0. The Morgan fingerprint density at radius 1 is 1.38 bits per heavy atom. The van der Waals surface area contributed by atoms with Crippen molar-refractivity contribution in [1.29, 1.82) is 0 Å². The first-order chi connectivity index (χ1) is 6.25. The summed E-state index contributed by atoms with van der Waals surface area (Å²) >= 11 is 0. The summed E-state index contributed by atoms with van der Waals surface area (Å²) in [4.78, 5) is 10.3. The van der Waals surface area contributed by atoms with Crippen LogP contribution in [-0.2, 0) is 0 Å². The number of nitrogens with one attached hydrogen (secondary N) is 1. The van der Waals surface area contributed by atoms with E-state index < -0.39 is 6.09 Å². The van der Waals surface area contributed by atoms with E-state index in [2.05, 4.69) is 5.32 Å². The molecule has 4 heteroatoms. The highest BCUT2D eigenvalue weighted by molar-refractivity contribution is 5.87. The summed E-state index contributed by atoms with van der Waals surface area (Å²) in [5.74, 6) is 0.244. The second-order valence-electron chi connectivity index (χ2n) is 2.58. The van der Waals surface area contributed by atoms with Crippen LogP contribution >= 0.6 is 0 Å². The van der Waals surface area contributed by atoms with Gasteiger partial charge in [-0.2, -0.15) is 0 Å². The van der Waals surface area contributed by atoms with E-state index in [4.69, 9.17) is 9.52 Å². The Kier molecular flexibility index (Phi) is 1.66. The van der Waals surface area contributed by atoms with E-state index in [0.29, 0.717) is 5.58 Å². The van der Waals surface area contributed by atoms with Crippen molar-refractivity contribution in [2.24, 2.45) is 0 Å². The van der Waals surface area contributed by atoms with Crippen molar-refractivity contribution in [3.63, 3.8) is 0 Å². The molecule has 0 radical (unpaired) electrons. The third-order valence-electron chi connectivity index (χ3n) is 1.66. The van der Waals surface area contributed by atoms with E-state index >= 15 is 0 Å². The second-order valence-corrected chi connectivity index (χ2v) is 2.58. The molecule has 1 amide bonds. The van der Waals surface area contributed by atoms with Crippen molar-refractivity contribution in [3.05, 3.63) is 30.3 Å². The first-order valence-electron chi connectivity index (χ1n) is 3.74. The van der Waals surface area contributed by atoms with Crippen LogP contribution < -0.4 is 5.32 Å². The molecule has 2 N–H and O–H groups in total. The van der Waals surface area contributed by atoms with E-state index in [-0.39, 0.29) is 5.88 Å². The molecule has 4 nitrogen and oxygen atoms in total. The highest BCUT2D eigenvalue weighted by Crippen LogP contribution is 2.22. The number of furan rings is 1. The molecule has 2 rings (SSSR count). The van der Waals surface area contributed by atoms with Gasteiger partial charge in [-0.1, -0.05) is 18.2 Å². The number of para-hydroxylation sites is 1. The largest absolute Gasteiger partial charge is 0.465 e. The lowest BCUT2D eigenvalue weighted by Gasteiger charge is -1.91. The van der Waals surface area contributed by atoms with Crippen molar-refractivity contribution >= 4 is 22.9 Å². The van der Waals surface area contributed by atoms with Gasteiger partial charge in [0.2, 0.25) is 5.88 Å². The zero-order valence-corrected chi connectivity index (χ0v) is 6.65. The van der Waals surface area contributed by atoms with E-state index in [9.17, 15) is 4.79 Å². The number of amides is 1. The minimum Gasteiger partial charge on any atom is -0.465 e. The van der Waals surface area contributed by atoms with E-state index in [1.165, 1.54) is 0 Å². The second kappa shape index (κ2) is 2.82. The number of benzene rings is 1. The Balaban J connectivity index is 2.44. The van der Waals surface area contributed by atoms with Gasteiger partial charge in [0.1, 0.15) is 5.58 Å². The summed E-state index contributed by atoms with van der Waals surface area (Å²) in [7, 11) is 0. The molecule has 1 aromatic heterocycles. The Morgan fingerprint density at radius 2 is 2.15 bits per heavy atom. The van der Waals surface area contributed by atoms with Gasteiger partial charge >= 0.3 is 6.09 Å². The average Bonchev–Trinajstić information content (AvgIpc) is 2.44. The lowest BCUT2D eigenvalue weighted by molar-refractivity contribution is 0.209. The SMILES string of the molecule is O=C(O)Nc1cc2ccccc2o1. The number of carboxylic acid groups (broad SMARTS) is 1. The highest BCUT2D eigenvalue weighted by atomic mass is 16.4. The van der Waals surface area contributed by atoms with Gasteiger partial charge in [0.25, 0.3) is 0 Å². The van der Waals surface area contributed by atoms with Crippen molar-refractivity contribution in [3.8, 4) is 0 Å². The van der Waals surface area contributed by atoms with Crippen LogP contribution in [0.5, 0.6) is 0 Å². The molecule has 0 aliphatic heterocycles. The van der Waals surface area contributed by atoms with Gasteiger partial charge in [0.15, 0.2) is 0 Å². The van der Waals surface area contributed by atoms with Gasteiger partial charge in [-0.15, -0.1) is 0 Å². The third kappa shape index (κ3) is 1.46. The maximum Gasteiger partial charge on any atom is 0.411 e. The molecule has 0 aliphatic rings. The smallest absolute Gasteiger partial charge is 0.411 e. The van der Waals surface area contributed by atoms with Crippen LogP contribution in [0.25, 0.3) is 11.0 Å². The Labute approximate surface area is 73.8 Å². The molecule has 66 valence electrons. The first-order valence-corrected chi connectivity index (χ1v) is 3.74. The first kappa shape index (κ1) is 7.67. The molecule has 0 unspecified atom stereocenters. The normalized spacial score (nSPS) is 10.2. The predicted molar refractivity (Wildman–Crippen MR) is 47.9 cm³/mol. The van der Waals surface area contributed by atoms with Gasteiger partial charge in [-0.05, 0) is 6.07 Å². The summed E-state index contributed by atoms with van der Waals surface area (Å²) < 4.78 is 5.19. The minimum absolute atomic E-state index is 0.244. The van der Waals surface area contributed by atoms with E-state index in [0.717, 1.165) is 5.39 Å². The van der Waals surface area contributed by atoms with Crippen LogP contribution in [-0.4, -0.2) is 11.2 Å². The quantitative estimate of drug-likeness (QED) is 0.703. The molecular weight excluding hydrogens is 170 g/mol. The molecule has 1 heterocycles. The average molecular weight is 177 g/mol. The number of hydrogen-bond acceptors (Lipinski definition) is 2. The Morgan fingerprint density at radius 3 is 2.85 bits per heavy atom. The van der Waals surface area contributed by atoms with Gasteiger partial charge in [0, 0.05) is 11.5 Å². The van der Waals surface area contributed by atoms with Crippen LogP contribution in [0.15, 0.2) is 34.7 Å². The maximum absolute atomic E-state index is 10.3. The molecule has 0 saturated carbocycles. The number of fused-ring (bicyclic) bond motifs is 1. The molecule has 0 saturated heterocycles. The van der Waals surface area contributed by atoms with Gasteiger partial charge < -0.3 is 9.52 Å². The fraction of sp³-hybridized carbons (Fsp3) is 0. The van der Waals surface area contributed by atoms with Crippen LogP contribution in [0.4, 0.5) is 10.7 Å². The molecule has 1 aromatic carbocycles. The van der Waals surface area contributed by atoms with Crippen LogP contribution in [0.3, 0.4) is 0 Å². The van der Waals surface area contributed by atoms with Crippen molar-refractivity contribution in [2.45, 2.75) is 0 Å². The molecule has 0 aliphatic carbocycles. The third-order valence-corrected chi connectivity index (χ3v) is 1.66. The minimum atomic E-state index is -1.13. The van der Waals surface area contributed by atoms with E-state index in [1.54, 1.807) is 12.1 Å². The van der Waals surface area contributed by atoms with Crippen LogP contribution in [0, 0.1) is 0 Å². The topological polar surface area (TPSA) is 62.5 Å². The Hall–Kier alpha value is -1.97. The summed E-state index contributed by atoms with van der Waals surface area (Å²) in [6.07, 6.45) is -1.13. The monoisotopic (exact) mass is 177 g/mol. The fourth-order valence-electron chi connectivity index (χ4n) is 1.15. The summed E-state index contributed by atoms with van der Waals surface area (Å²) in [5.41, 5.74) is 0.672. The zero-order chi connectivity index (χ0) is 9.26. The summed E-state index contributed by atoms with van der Waals surface area (Å²) in [5, 5.41) is 11.4. The van der Waals surface area contributed by atoms with E-state index in [1.807, 2.05) is 18.2 Å². The molecule has 13 heavy (non-hydrogen) atoms. The van der Waals surface area contributed by atoms with Crippen molar-refractivity contribution in [1.82, 2.24) is 0 Å². The molecule has 0 fully saturated rings. The van der Waals surface area contributed by atoms with Crippen LogP contribution in [0.1, 0.15) is 0 Å². The van der Waals surface area contributed by atoms with Gasteiger partial charge in [-0.25, -0.2) is 4.79 Å². The Bertz CT molecular complexity index is 414. The fourth-order valence-corrected chi connectivity index (χ4v) is 1.15. The molecule has 0 bridgehead atoms. The lowest BCUT2D eigenvalue weighted by atomic mass is 10.3. The number of anilines is 1. The number of rotatable bonds is 1. The van der Waals surface area contributed by atoms with Crippen molar-refractivity contribution in [2.75, 3.05) is 5.32 Å². The molecule has 0 atom stereocenters. The number of hydrogen-bond donors (Lipinski definition) is 2. The maximum atomic E-state index is 10.3. The number of carbonyl (C=O) groups is 1. The zero-order valence-electron chi connectivity index (χ0n) is 6.65. The highest BCUT2D eigenvalue weighted by Gasteiger charge is 2.04. The predicted octanol–water partition coefficient (Wildman–Crippen LogP) is 2.52. The molecular formula is C9H7NO3. The van der Waals surface area contributed by atoms with Crippen molar-refractivity contribution < 1.29 is 14.3 Å². The summed E-state index contributed by atoms with van der Waals surface area (Å²) in [6, 6.07) is 8.97. The lowest BCUT2D eigenvalue weighted by Crippen LogP contribution is -2.05. The van der Waals surface area contributed by atoms with Crippen LogP contribution in [0.2, 0.25) is 0 Å². The molecule has 2 aromatic rings. The molecule has 0 spiro atoms. The van der Waals surface area contributed by atoms with Gasteiger partial charge in [-0.3, -0.25) is 5.32 Å². The van der Waals surface area contributed by atoms with Gasteiger partial charge in [0.05, 0.1) is 0 Å². The standard InChI is InChI=1S/C9H7NO3/c11-9(12)10-8-5-6-3-1-2-4-7(6)13-8/h1-5,10H,(H,11,12).